The van der Waals surface area contributed by atoms with Crippen LogP contribution in [0, 0.1) is 0 Å². The monoisotopic (exact) mass is 406 g/mol. The van der Waals surface area contributed by atoms with Gasteiger partial charge in [-0.25, -0.2) is 14.0 Å². The Kier molecular flexibility index (Phi) is 5.09. The van der Waals surface area contributed by atoms with E-state index in [0.717, 1.165) is 32.4 Å². The lowest BCUT2D eigenvalue weighted by molar-refractivity contribution is 0.0361. The van der Waals surface area contributed by atoms with Crippen LogP contribution < -0.4 is 5.32 Å². The fraction of sp³-hybridized carbons (Fsp3) is 0.714. The van der Waals surface area contributed by atoms with E-state index in [1.54, 1.807) is 11.0 Å². The van der Waals surface area contributed by atoms with E-state index in [9.17, 15) is 14.0 Å². The maximum atomic E-state index is 13.7. The number of halogens is 1. The zero-order valence-electron chi connectivity index (χ0n) is 17.5. The second-order valence-electron chi connectivity index (χ2n) is 9.01. The molecule has 8 heteroatoms. The first-order valence-electron chi connectivity index (χ1n) is 10.6. The van der Waals surface area contributed by atoms with Gasteiger partial charge in [-0.05, 0) is 58.6 Å². The van der Waals surface area contributed by atoms with Gasteiger partial charge in [0.1, 0.15) is 5.83 Å². The molecule has 4 rings (SSSR count). The number of nitrogens with one attached hydrogen (secondary N) is 1. The lowest BCUT2D eigenvalue weighted by Crippen LogP contribution is -2.58. The third-order valence-electron chi connectivity index (χ3n) is 7.12. The van der Waals surface area contributed by atoms with Crippen LogP contribution in [0.25, 0.3) is 0 Å². The number of allylic oxidation sites excluding steroid dienone is 2. The largest absolute Gasteiger partial charge is 0.450 e. The number of ether oxygens (including phenoxy) is 1. The van der Waals surface area contributed by atoms with Crippen LogP contribution in [0.2, 0.25) is 0 Å². The molecule has 2 unspecified atom stereocenters. The standard InChI is InChI=1S/C21H31FN4O3/c1-4-29-19(28)24-12-9-20(2,14-24)25-10-6-16(7-11-25)26-18(27)23-17-13-15(22)5-8-21(17,26)3/h5,13,16H,4,6-12,14H2,1-3H3,(H,23,27). The van der Waals surface area contributed by atoms with Crippen LogP contribution in [-0.2, 0) is 4.74 Å². The first kappa shape index (κ1) is 20.2. The number of rotatable bonds is 3. The van der Waals surface area contributed by atoms with Crippen LogP contribution in [0.3, 0.4) is 0 Å². The number of hydrogen-bond donors (Lipinski definition) is 1. The van der Waals surface area contributed by atoms with Crippen LogP contribution in [0.1, 0.15) is 46.5 Å². The Morgan fingerprint density at radius 2 is 2.03 bits per heavy atom. The van der Waals surface area contributed by atoms with Crippen LogP contribution in [0.4, 0.5) is 14.0 Å². The minimum atomic E-state index is -0.489. The Labute approximate surface area is 171 Å². The maximum absolute atomic E-state index is 13.7. The molecule has 0 saturated carbocycles. The third kappa shape index (κ3) is 3.41. The van der Waals surface area contributed by atoms with Crippen molar-refractivity contribution in [2.45, 2.75) is 63.6 Å². The Hall–Kier alpha value is -2.09. The minimum absolute atomic E-state index is 0.0589. The van der Waals surface area contributed by atoms with Gasteiger partial charge in [-0.1, -0.05) is 0 Å². The number of fused-ring (bicyclic) bond motifs is 1. The fourth-order valence-electron chi connectivity index (χ4n) is 5.36. The highest BCUT2D eigenvalue weighted by Crippen LogP contribution is 2.41. The van der Waals surface area contributed by atoms with E-state index in [1.165, 1.54) is 6.08 Å². The number of likely N-dealkylation sites (tertiary alicyclic amines) is 2. The lowest BCUT2D eigenvalue weighted by atomic mass is 9.86. The Morgan fingerprint density at radius 3 is 2.72 bits per heavy atom. The van der Waals surface area contributed by atoms with Gasteiger partial charge in [0.15, 0.2) is 0 Å². The van der Waals surface area contributed by atoms with E-state index in [2.05, 4.69) is 17.1 Å². The molecule has 1 N–H and O–H groups in total. The van der Waals surface area contributed by atoms with Crippen molar-refractivity contribution in [2.75, 3.05) is 32.8 Å². The molecule has 0 aromatic heterocycles. The summed E-state index contributed by atoms with van der Waals surface area (Å²) in [5, 5.41) is 2.87. The van der Waals surface area contributed by atoms with Gasteiger partial charge in [-0.15, -0.1) is 0 Å². The van der Waals surface area contributed by atoms with Crippen molar-refractivity contribution in [1.82, 2.24) is 20.0 Å². The molecule has 3 amide bonds. The van der Waals surface area contributed by atoms with Crippen LogP contribution >= 0.6 is 0 Å². The Morgan fingerprint density at radius 1 is 1.31 bits per heavy atom. The molecule has 3 saturated heterocycles. The molecule has 160 valence electrons. The van der Waals surface area contributed by atoms with Crippen molar-refractivity contribution in [3.63, 3.8) is 0 Å². The highest BCUT2D eigenvalue weighted by Gasteiger charge is 2.51. The molecular formula is C21H31FN4O3. The van der Waals surface area contributed by atoms with Gasteiger partial charge in [0, 0.05) is 43.5 Å². The van der Waals surface area contributed by atoms with Crippen LogP contribution in [0.15, 0.2) is 23.7 Å². The molecule has 1 aliphatic carbocycles. The summed E-state index contributed by atoms with van der Waals surface area (Å²) in [6.45, 7) is 9.59. The molecule has 0 spiro atoms. The van der Waals surface area contributed by atoms with Gasteiger partial charge in [-0.3, -0.25) is 4.90 Å². The summed E-state index contributed by atoms with van der Waals surface area (Å²) in [6, 6.07) is 0.00346. The predicted octanol–water partition coefficient (Wildman–Crippen LogP) is 3.00. The molecule has 4 aliphatic rings. The number of hydrogen-bond acceptors (Lipinski definition) is 4. The summed E-state index contributed by atoms with van der Waals surface area (Å²) in [4.78, 5) is 30.9. The molecule has 2 atom stereocenters. The Bertz CT molecular complexity index is 761. The second kappa shape index (κ2) is 7.31. The van der Waals surface area contributed by atoms with E-state index >= 15 is 0 Å². The van der Waals surface area contributed by atoms with E-state index < -0.39 is 5.54 Å². The molecule has 3 heterocycles. The van der Waals surface area contributed by atoms with Crippen molar-refractivity contribution < 1.29 is 18.7 Å². The van der Waals surface area contributed by atoms with E-state index in [1.807, 2.05) is 18.7 Å². The quantitative estimate of drug-likeness (QED) is 0.783. The molecule has 0 aromatic rings. The summed E-state index contributed by atoms with van der Waals surface area (Å²) in [7, 11) is 0. The molecular weight excluding hydrogens is 375 g/mol. The van der Waals surface area contributed by atoms with Gasteiger partial charge in [-0.2, -0.15) is 0 Å². The van der Waals surface area contributed by atoms with Crippen molar-refractivity contribution >= 4 is 12.1 Å². The number of nitrogens with zero attached hydrogens (tertiary/aromatic N) is 3. The first-order chi connectivity index (χ1) is 13.8. The van der Waals surface area contributed by atoms with Gasteiger partial charge >= 0.3 is 12.1 Å². The van der Waals surface area contributed by atoms with Crippen molar-refractivity contribution in [1.29, 1.82) is 0 Å². The van der Waals surface area contributed by atoms with Crippen molar-refractivity contribution in [3.05, 3.63) is 23.7 Å². The third-order valence-corrected chi connectivity index (χ3v) is 7.12. The zero-order valence-corrected chi connectivity index (χ0v) is 17.5. The Balaban J connectivity index is 1.40. The molecule has 0 radical (unpaired) electrons. The van der Waals surface area contributed by atoms with E-state index in [0.29, 0.717) is 31.8 Å². The van der Waals surface area contributed by atoms with Gasteiger partial charge in [0.2, 0.25) is 0 Å². The summed E-state index contributed by atoms with van der Waals surface area (Å²) >= 11 is 0. The van der Waals surface area contributed by atoms with Crippen molar-refractivity contribution in [3.8, 4) is 0 Å². The summed E-state index contributed by atoms with van der Waals surface area (Å²) in [5.74, 6) is -0.283. The molecule has 3 fully saturated rings. The smallest absolute Gasteiger partial charge is 0.409 e. The van der Waals surface area contributed by atoms with Gasteiger partial charge in [0.05, 0.1) is 12.1 Å². The average Bonchev–Trinajstić information content (AvgIpc) is 3.20. The molecule has 7 nitrogen and oxygen atoms in total. The average molecular weight is 407 g/mol. The predicted molar refractivity (Wildman–Crippen MR) is 107 cm³/mol. The fourth-order valence-corrected chi connectivity index (χ4v) is 5.36. The summed E-state index contributed by atoms with van der Waals surface area (Å²) in [6.07, 6.45) is 5.94. The van der Waals surface area contributed by atoms with Crippen LogP contribution in [0.5, 0.6) is 0 Å². The zero-order chi connectivity index (χ0) is 20.8. The number of carbonyl (C=O) groups is 2. The summed E-state index contributed by atoms with van der Waals surface area (Å²) < 4.78 is 18.8. The SMILES string of the molecule is CCOC(=O)N1CCC(C)(N2CCC(N3C(=O)NC4=CC(F)=CCC43C)CC2)C1. The van der Waals surface area contributed by atoms with E-state index in [4.69, 9.17) is 4.74 Å². The van der Waals surface area contributed by atoms with Gasteiger partial charge in [0.25, 0.3) is 0 Å². The maximum Gasteiger partial charge on any atom is 0.409 e. The normalized spacial score (nSPS) is 33.3. The number of piperidine rings is 1. The van der Waals surface area contributed by atoms with Gasteiger partial charge < -0.3 is 19.9 Å². The summed E-state index contributed by atoms with van der Waals surface area (Å²) in [5.41, 5.74) is 0.117. The number of amides is 3. The molecule has 3 aliphatic heterocycles. The highest BCUT2D eigenvalue weighted by atomic mass is 19.1. The first-order valence-corrected chi connectivity index (χ1v) is 10.6. The second-order valence-corrected chi connectivity index (χ2v) is 9.01. The highest BCUT2D eigenvalue weighted by molar-refractivity contribution is 5.83. The molecule has 0 bridgehead atoms. The van der Waals surface area contributed by atoms with Crippen molar-refractivity contribution in [2.24, 2.45) is 0 Å². The topological polar surface area (TPSA) is 65.1 Å². The number of carbonyl (C=O) groups excluding carboxylic acids is 2. The van der Waals surface area contributed by atoms with Crippen LogP contribution in [-0.4, -0.2) is 76.7 Å². The molecule has 0 aromatic carbocycles. The number of urea groups is 1. The molecule has 29 heavy (non-hydrogen) atoms. The lowest BCUT2D eigenvalue weighted by Gasteiger charge is -2.47. The minimum Gasteiger partial charge on any atom is -0.450 e. The van der Waals surface area contributed by atoms with E-state index in [-0.39, 0.29) is 29.5 Å².